The maximum absolute atomic E-state index is 12.3. The molecule has 1 heterocycles. The molecule has 0 spiro atoms. The van der Waals surface area contributed by atoms with Crippen molar-refractivity contribution in [2.24, 2.45) is 12.8 Å². The first kappa shape index (κ1) is 19.7. The zero-order valence-corrected chi connectivity index (χ0v) is 14.5. The van der Waals surface area contributed by atoms with Crippen LogP contribution in [0, 0.1) is 0 Å². The van der Waals surface area contributed by atoms with Crippen LogP contribution in [-0.2, 0) is 18.3 Å². The Balaban J connectivity index is 0.00000288. The summed E-state index contributed by atoms with van der Waals surface area (Å²) in [7, 11) is 3.54. The minimum Gasteiger partial charge on any atom is -0.366 e. The largest absolute Gasteiger partial charge is 0.366 e. The van der Waals surface area contributed by atoms with Crippen LogP contribution in [0.3, 0.4) is 0 Å². The van der Waals surface area contributed by atoms with Gasteiger partial charge in [0, 0.05) is 30.9 Å². The number of amides is 2. The van der Waals surface area contributed by atoms with Crippen molar-refractivity contribution in [1.82, 2.24) is 20.4 Å². The summed E-state index contributed by atoms with van der Waals surface area (Å²) in [5.74, 6) is -0.575. The number of primary amides is 1. The Morgan fingerprint density at radius 3 is 2.71 bits per heavy atom. The van der Waals surface area contributed by atoms with E-state index in [0.717, 1.165) is 11.1 Å². The second-order valence-electron chi connectivity index (χ2n) is 5.27. The van der Waals surface area contributed by atoms with Gasteiger partial charge in [0.1, 0.15) is 6.04 Å². The molecule has 130 valence electrons. The fourth-order valence-corrected chi connectivity index (χ4v) is 2.35. The van der Waals surface area contributed by atoms with Crippen LogP contribution in [0.5, 0.6) is 0 Å². The minimum absolute atomic E-state index is 0. The van der Waals surface area contributed by atoms with E-state index in [1.54, 1.807) is 49.4 Å². The first-order chi connectivity index (χ1) is 11.0. The van der Waals surface area contributed by atoms with Gasteiger partial charge in [-0.25, -0.2) is 0 Å². The molecule has 2 aromatic rings. The van der Waals surface area contributed by atoms with Gasteiger partial charge in [-0.3, -0.25) is 14.3 Å². The highest BCUT2D eigenvalue weighted by Gasteiger charge is 2.19. The van der Waals surface area contributed by atoms with Crippen LogP contribution in [0.1, 0.15) is 27.5 Å². The molecule has 0 aliphatic rings. The van der Waals surface area contributed by atoms with Crippen LogP contribution < -0.4 is 16.4 Å². The Kier molecular flexibility index (Phi) is 7.41. The summed E-state index contributed by atoms with van der Waals surface area (Å²) in [5, 5.41) is 9.94. The molecule has 1 atom stereocenters. The van der Waals surface area contributed by atoms with Gasteiger partial charge in [0.25, 0.3) is 0 Å². The summed E-state index contributed by atoms with van der Waals surface area (Å²) in [5.41, 5.74) is 7.49. The first-order valence-corrected chi connectivity index (χ1v) is 7.33. The summed E-state index contributed by atoms with van der Waals surface area (Å²) in [6.45, 7) is 0.472. The Morgan fingerprint density at radius 2 is 2.12 bits per heavy atom. The standard InChI is InChI=1S/C16H21N5O2.ClH/c1-18-14(13-9-20-21(2)10-13)16(23)19-7-6-11-4-3-5-12(8-11)15(17)22;/h3-5,8-10,14,18H,6-7H2,1-2H3,(H2,17,22)(H,19,23);1H. The number of nitrogens with two attached hydrogens (primary N) is 1. The number of nitrogens with zero attached hydrogens (tertiary/aromatic N) is 2. The average molecular weight is 352 g/mol. The van der Waals surface area contributed by atoms with Gasteiger partial charge >= 0.3 is 0 Å². The Bertz CT molecular complexity index is 701. The number of benzene rings is 1. The molecule has 0 fully saturated rings. The van der Waals surface area contributed by atoms with Crippen molar-refractivity contribution in [3.05, 3.63) is 53.3 Å². The lowest BCUT2D eigenvalue weighted by Gasteiger charge is -2.14. The smallest absolute Gasteiger partial charge is 0.248 e. The van der Waals surface area contributed by atoms with Crippen LogP contribution in [0.15, 0.2) is 36.7 Å². The molecule has 2 rings (SSSR count). The molecule has 4 N–H and O–H groups in total. The summed E-state index contributed by atoms with van der Waals surface area (Å²) in [6, 6.07) is 6.65. The number of halogens is 1. The molecule has 0 radical (unpaired) electrons. The Labute approximate surface area is 147 Å². The molecule has 0 aliphatic heterocycles. The van der Waals surface area contributed by atoms with Gasteiger partial charge in [0.05, 0.1) is 6.20 Å². The van der Waals surface area contributed by atoms with Crippen LogP contribution >= 0.6 is 12.4 Å². The third kappa shape index (κ3) is 5.07. The molecular weight excluding hydrogens is 330 g/mol. The van der Waals surface area contributed by atoms with Crippen molar-refractivity contribution >= 4 is 24.2 Å². The van der Waals surface area contributed by atoms with Crippen LogP contribution in [0.25, 0.3) is 0 Å². The molecule has 0 saturated carbocycles. The highest BCUT2D eigenvalue weighted by Crippen LogP contribution is 2.11. The van der Waals surface area contributed by atoms with Crippen molar-refractivity contribution < 1.29 is 9.59 Å². The number of rotatable bonds is 7. The topological polar surface area (TPSA) is 102 Å². The lowest BCUT2D eigenvalue weighted by Crippen LogP contribution is -2.36. The fraction of sp³-hybridized carbons (Fsp3) is 0.312. The average Bonchev–Trinajstić information content (AvgIpc) is 2.94. The SMILES string of the molecule is CNC(C(=O)NCCc1cccc(C(N)=O)c1)c1cnn(C)c1.Cl. The number of hydrogen-bond donors (Lipinski definition) is 3. The summed E-state index contributed by atoms with van der Waals surface area (Å²) in [4.78, 5) is 23.4. The summed E-state index contributed by atoms with van der Waals surface area (Å²) < 4.78 is 1.66. The summed E-state index contributed by atoms with van der Waals surface area (Å²) in [6.07, 6.45) is 4.09. The Hall–Kier alpha value is -2.38. The van der Waals surface area contributed by atoms with Crippen LogP contribution in [-0.4, -0.2) is 35.2 Å². The lowest BCUT2D eigenvalue weighted by molar-refractivity contribution is -0.123. The molecular formula is C16H22ClN5O2. The van der Waals surface area contributed by atoms with Crippen LogP contribution in [0.2, 0.25) is 0 Å². The van der Waals surface area contributed by atoms with Gasteiger partial charge in [0.15, 0.2) is 0 Å². The molecule has 0 aliphatic carbocycles. The molecule has 1 unspecified atom stereocenters. The molecule has 7 nitrogen and oxygen atoms in total. The number of nitrogens with one attached hydrogen (secondary N) is 2. The van der Waals surface area contributed by atoms with Gasteiger partial charge in [0.2, 0.25) is 11.8 Å². The van der Waals surface area contributed by atoms with E-state index in [9.17, 15) is 9.59 Å². The van der Waals surface area contributed by atoms with E-state index in [1.165, 1.54) is 0 Å². The van der Waals surface area contributed by atoms with E-state index in [0.29, 0.717) is 18.5 Å². The lowest BCUT2D eigenvalue weighted by atomic mass is 10.1. The maximum atomic E-state index is 12.3. The van der Waals surface area contributed by atoms with Gasteiger partial charge in [-0.1, -0.05) is 12.1 Å². The zero-order valence-electron chi connectivity index (χ0n) is 13.7. The molecule has 1 aromatic carbocycles. The molecule has 0 bridgehead atoms. The predicted molar refractivity (Wildman–Crippen MR) is 93.9 cm³/mol. The molecule has 2 amide bonds. The number of carbonyl (C=O) groups excluding carboxylic acids is 2. The Morgan fingerprint density at radius 1 is 1.38 bits per heavy atom. The van der Waals surface area contributed by atoms with Crippen molar-refractivity contribution in [2.75, 3.05) is 13.6 Å². The van der Waals surface area contributed by atoms with E-state index < -0.39 is 11.9 Å². The number of aromatic nitrogens is 2. The quantitative estimate of drug-likeness (QED) is 0.678. The normalized spacial score (nSPS) is 11.4. The number of hydrogen-bond acceptors (Lipinski definition) is 4. The van der Waals surface area contributed by atoms with Crippen molar-refractivity contribution in [3.63, 3.8) is 0 Å². The summed E-state index contributed by atoms with van der Waals surface area (Å²) >= 11 is 0. The molecule has 24 heavy (non-hydrogen) atoms. The molecule has 0 saturated heterocycles. The van der Waals surface area contributed by atoms with Gasteiger partial charge < -0.3 is 16.4 Å². The monoisotopic (exact) mass is 351 g/mol. The zero-order chi connectivity index (χ0) is 16.8. The number of aryl methyl sites for hydroxylation is 1. The van der Waals surface area contributed by atoms with E-state index in [4.69, 9.17) is 5.73 Å². The van der Waals surface area contributed by atoms with Crippen molar-refractivity contribution in [2.45, 2.75) is 12.5 Å². The number of likely N-dealkylation sites (N-methyl/N-ethyl adjacent to an activating group) is 1. The van der Waals surface area contributed by atoms with Gasteiger partial charge in [-0.15, -0.1) is 12.4 Å². The fourth-order valence-electron chi connectivity index (χ4n) is 2.35. The maximum Gasteiger partial charge on any atom is 0.248 e. The second-order valence-corrected chi connectivity index (χ2v) is 5.27. The second kappa shape index (κ2) is 9.05. The van der Waals surface area contributed by atoms with Crippen LogP contribution in [0.4, 0.5) is 0 Å². The minimum atomic E-state index is -0.456. The first-order valence-electron chi connectivity index (χ1n) is 7.33. The third-order valence-electron chi connectivity index (χ3n) is 3.53. The number of carbonyl (C=O) groups is 2. The molecule has 1 aromatic heterocycles. The predicted octanol–water partition coefficient (Wildman–Crippen LogP) is 0.560. The van der Waals surface area contributed by atoms with E-state index in [1.807, 2.05) is 6.07 Å². The van der Waals surface area contributed by atoms with Crippen molar-refractivity contribution in [1.29, 1.82) is 0 Å². The van der Waals surface area contributed by atoms with Gasteiger partial charge in [-0.05, 0) is 31.2 Å². The van der Waals surface area contributed by atoms with Crippen molar-refractivity contribution in [3.8, 4) is 0 Å². The third-order valence-corrected chi connectivity index (χ3v) is 3.53. The van der Waals surface area contributed by atoms with E-state index in [-0.39, 0.29) is 18.3 Å². The van der Waals surface area contributed by atoms with E-state index >= 15 is 0 Å². The highest BCUT2D eigenvalue weighted by molar-refractivity contribution is 5.92. The van der Waals surface area contributed by atoms with Gasteiger partial charge in [-0.2, -0.15) is 5.10 Å². The highest BCUT2D eigenvalue weighted by atomic mass is 35.5. The van der Waals surface area contributed by atoms with E-state index in [2.05, 4.69) is 15.7 Å². The molecule has 8 heteroatoms.